The maximum absolute atomic E-state index is 11.8. The van der Waals surface area contributed by atoms with Gasteiger partial charge in [-0.25, -0.2) is 4.79 Å². The van der Waals surface area contributed by atoms with Gasteiger partial charge in [-0.1, -0.05) is 35.9 Å². The highest BCUT2D eigenvalue weighted by atomic mass is 79.9. The Bertz CT molecular complexity index is 298. The summed E-state index contributed by atoms with van der Waals surface area (Å²) in [5.74, 6) is -0.667. The van der Waals surface area contributed by atoms with Crippen LogP contribution in [0.3, 0.4) is 0 Å². The van der Waals surface area contributed by atoms with Gasteiger partial charge in [0.15, 0.2) is 5.78 Å². The van der Waals surface area contributed by atoms with Crippen molar-refractivity contribution in [3.8, 4) is 0 Å². The molecule has 0 aromatic rings. The summed E-state index contributed by atoms with van der Waals surface area (Å²) in [5, 5.41) is 0.130. The van der Waals surface area contributed by atoms with Crippen LogP contribution in [0, 0.1) is 5.92 Å². The highest BCUT2D eigenvalue weighted by Gasteiger charge is 2.24. The number of Topliss-reactive ketones (excluding diaryl/α,β-unsaturated/α-hetero) is 1. The highest BCUT2D eigenvalue weighted by molar-refractivity contribution is 9.09. The van der Waals surface area contributed by atoms with Crippen LogP contribution < -0.4 is 0 Å². The van der Waals surface area contributed by atoms with Crippen LogP contribution in [0.2, 0.25) is 0 Å². The number of alkyl halides is 1. The fraction of sp³-hybridized carbons (Fsp3) is 0.667. The number of hydrogen-bond donors (Lipinski definition) is 0. The summed E-state index contributed by atoms with van der Waals surface area (Å²) < 4.78 is 5.17. The molecule has 0 N–H and O–H groups in total. The topological polar surface area (TPSA) is 43.4 Å². The molecule has 0 amide bonds. The Hall–Kier alpha value is -0.640. The minimum absolute atomic E-state index is 0.127. The first kappa shape index (κ1) is 15.4. The van der Waals surface area contributed by atoms with E-state index in [0.717, 1.165) is 0 Å². The molecule has 0 heterocycles. The van der Waals surface area contributed by atoms with Crippen LogP contribution in [-0.4, -0.2) is 22.7 Å². The lowest BCUT2D eigenvalue weighted by Gasteiger charge is -2.20. The minimum Gasteiger partial charge on any atom is -0.456 e. The number of ether oxygens (including phenoxy) is 1. The molecule has 0 spiro atoms. The molecule has 16 heavy (non-hydrogen) atoms. The van der Waals surface area contributed by atoms with Gasteiger partial charge in [-0.15, -0.1) is 0 Å². The van der Waals surface area contributed by atoms with Crippen LogP contribution in [0.25, 0.3) is 0 Å². The number of hydrogen-bond acceptors (Lipinski definition) is 3. The largest absolute Gasteiger partial charge is 0.456 e. The van der Waals surface area contributed by atoms with E-state index in [1.54, 1.807) is 26.8 Å². The van der Waals surface area contributed by atoms with E-state index in [2.05, 4.69) is 15.9 Å². The molecule has 0 saturated heterocycles. The third-order valence-corrected chi connectivity index (χ3v) is 2.05. The van der Waals surface area contributed by atoms with Crippen molar-refractivity contribution in [2.45, 2.75) is 40.2 Å². The van der Waals surface area contributed by atoms with Gasteiger partial charge < -0.3 is 4.74 Å². The van der Waals surface area contributed by atoms with Gasteiger partial charge in [-0.2, -0.15) is 0 Å². The molecular weight excluding hydrogens is 272 g/mol. The van der Waals surface area contributed by atoms with Crippen molar-refractivity contribution in [1.82, 2.24) is 0 Å². The van der Waals surface area contributed by atoms with Crippen molar-refractivity contribution in [1.29, 1.82) is 0 Å². The summed E-state index contributed by atoms with van der Waals surface area (Å²) in [6.07, 6.45) is 1.64. The second-order valence-corrected chi connectivity index (χ2v) is 5.44. The minimum atomic E-state index is -0.584. The van der Waals surface area contributed by atoms with E-state index in [1.165, 1.54) is 0 Å². The number of halogens is 1. The van der Waals surface area contributed by atoms with Crippen molar-refractivity contribution < 1.29 is 14.3 Å². The first-order valence-corrected chi connectivity index (χ1v) is 6.34. The van der Waals surface area contributed by atoms with E-state index in [0.29, 0.717) is 0 Å². The van der Waals surface area contributed by atoms with Crippen molar-refractivity contribution in [2.75, 3.05) is 5.33 Å². The molecule has 0 unspecified atom stereocenters. The van der Waals surface area contributed by atoms with Crippen LogP contribution in [0.1, 0.15) is 34.6 Å². The van der Waals surface area contributed by atoms with E-state index in [-0.39, 0.29) is 22.6 Å². The second kappa shape index (κ2) is 6.18. The first-order chi connectivity index (χ1) is 7.17. The molecule has 0 aliphatic rings. The molecule has 3 nitrogen and oxygen atoms in total. The van der Waals surface area contributed by atoms with Crippen LogP contribution >= 0.6 is 15.9 Å². The van der Waals surface area contributed by atoms with Crippen molar-refractivity contribution >= 4 is 27.7 Å². The summed E-state index contributed by atoms with van der Waals surface area (Å²) in [7, 11) is 0. The number of ketones is 1. The van der Waals surface area contributed by atoms with Crippen molar-refractivity contribution in [2.24, 2.45) is 5.92 Å². The summed E-state index contributed by atoms with van der Waals surface area (Å²) in [4.78, 5) is 23.3. The molecule has 0 aromatic carbocycles. The average molecular weight is 291 g/mol. The summed E-state index contributed by atoms with van der Waals surface area (Å²) in [6.45, 7) is 9.14. The number of esters is 1. The van der Waals surface area contributed by atoms with Gasteiger partial charge in [0.05, 0.1) is 10.9 Å². The Kier molecular flexibility index (Phi) is 5.94. The molecule has 0 saturated carbocycles. The zero-order valence-corrected chi connectivity index (χ0v) is 12.1. The maximum atomic E-state index is 11.8. The fourth-order valence-corrected chi connectivity index (χ4v) is 1.32. The molecule has 4 heteroatoms. The smallest absolute Gasteiger partial charge is 0.341 e. The molecule has 0 radical (unpaired) electrons. The van der Waals surface area contributed by atoms with Crippen LogP contribution in [0.15, 0.2) is 11.6 Å². The fourth-order valence-electron chi connectivity index (χ4n) is 1.01. The Balaban J connectivity index is 4.93. The Morgan fingerprint density at radius 1 is 1.31 bits per heavy atom. The average Bonchev–Trinajstić information content (AvgIpc) is 2.09. The number of allylic oxidation sites excluding steroid dienone is 1. The van der Waals surface area contributed by atoms with E-state index in [4.69, 9.17) is 4.74 Å². The van der Waals surface area contributed by atoms with Gasteiger partial charge in [0, 0.05) is 0 Å². The summed E-state index contributed by atoms with van der Waals surface area (Å²) in [6, 6.07) is 0. The van der Waals surface area contributed by atoms with Gasteiger partial charge in [-0.3, -0.25) is 4.79 Å². The monoisotopic (exact) mass is 290 g/mol. The Morgan fingerprint density at radius 3 is 2.12 bits per heavy atom. The van der Waals surface area contributed by atoms with E-state index >= 15 is 0 Å². The molecule has 0 rings (SSSR count). The molecule has 0 fully saturated rings. The van der Waals surface area contributed by atoms with Crippen molar-refractivity contribution in [3.05, 3.63) is 11.6 Å². The summed E-state index contributed by atoms with van der Waals surface area (Å²) >= 11 is 3.06. The number of carbonyl (C=O) groups is 2. The first-order valence-electron chi connectivity index (χ1n) is 5.21. The lowest BCUT2D eigenvalue weighted by molar-refractivity contribution is -0.150. The molecule has 0 atom stereocenters. The van der Waals surface area contributed by atoms with Gasteiger partial charge in [-0.05, 0) is 26.7 Å². The lowest BCUT2D eigenvalue weighted by Crippen LogP contribution is -2.27. The van der Waals surface area contributed by atoms with E-state index in [9.17, 15) is 9.59 Å². The van der Waals surface area contributed by atoms with Gasteiger partial charge >= 0.3 is 5.97 Å². The van der Waals surface area contributed by atoms with Gasteiger partial charge in [0.25, 0.3) is 0 Å². The van der Waals surface area contributed by atoms with Crippen molar-refractivity contribution in [3.63, 3.8) is 0 Å². The highest BCUT2D eigenvalue weighted by Crippen LogP contribution is 2.14. The van der Waals surface area contributed by atoms with Crippen LogP contribution in [0.5, 0.6) is 0 Å². The maximum Gasteiger partial charge on any atom is 0.341 e. The second-order valence-electron chi connectivity index (χ2n) is 4.88. The van der Waals surface area contributed by atoms with E-state index < -0.39 is 11.6 Å². The molecule has 0 aliphatic heterocycles. The number of rotatable bonds is 4. The standard InChI is InChI=1S/C12H19BrO3/c1-8(2)6-9(10(14)7-13)11(15)16-12(3,4)5/h6,8H,7H2,1-5H3. The number of carbonyl (C=O) groups excluding carboxylic acids is 2. The predicted molar refractivity (Wildman–Crippen MR) is 67.6 cm³/mol. The third kappa shape index (κ3) is 6.05. The Labute approximate surface area is 105 Å². The molecular formula is C12H19BrO3. The van der Waals surface area contributed by atoms with E-state index in [1.807, 2.05) is 13.8 Å². The SMILES string of the molecule is CC(C)C=C(C(=O)CBr)C(=O)OC(C)(C)C. The normalized spacial score (nSPS) is 12.8. The molecule has 0 aromatic heterocycles. The predicted octanol–water partition coefficient (Wildman–Crippen LogP) is 2.87. The lowest BCUT2D eigenvalue weighted by atomic mass is 10.1. The quantitative estimate of drug-likeness (QED) is 0.263. The van der Waals surface area contributed by atoms with Crippen LogP contribution in [-0.2, 0) is 14.3 Å². The molecule has 0 bridgehead atoms. The van der Waals surface area contributed by atoms with Gasteiger partial charge in [0.1, 0.15) is 5.60 Å². The third-order valence-electron chi connectivity index (χ3n) is 1.54. The molecule has 0 aliphatic carbocycles. The van der Waals surface area contributed by atoms with Crippen LogP contribution in [0.4, 0.5) is 0 Å². The Morgan fingerprint density at radius 2 is 1.81 bits per heavy atom. The zero-order valence-electron chi connectivity index (χ0n) is 10.5. The summed E-state index contributed by atoms with van der Waals surface area (Å²) in [5.41, 5.74) is -0.457. The molecule has 92 valence electrons. The van der Waals surface area contributed by atoms with Gasteiger partial charge in [0.2, 0.25) is 0 Å². The zero-order chi connectivity index (χ0) is 12.9.